The number of nitrogens with zero attached hydrogens (tertiary/aromatic N) is 2. The summed E-state index contributed by atoms with van der Waals surface area (Å²) in [5.74, 6) is 5.29. The molecule has 0 atom stereocenters. The van der Waals surface area contributed by atoms with Gasteiger partial charge < -0.3 is 10.3 Å². The van der Waals surface area contributed by atoms with E-state index in [1.54, 1.807) is 0 Å². The topological polar surface area (TPSA) is 43.8 Å². The number of terminal acetylenes is 1. The fraction of sp³-hybridized carbons (Fsp3) is 0.389. The van der Waals surface area contributed by atoms with Gasteiger partial charge >= 0.3 is 0 Å². The molecular formula is C18H21N3. The minimum absolute atomic E-state index is 0.294. The number of nitrogen functional groups attached to an aromatic ring is 1. The molecule has 0 saturated heterocycles. The number of hydrogen-bond acceptors (Lipinski definition) is 2. The lowest BCUT2D eigenvalue weighted by molar-refractivity contribution is 0.691. The average Bonchev–Trinajstić information content (AvgIpc) is 3.26. The average molecular weight is 279 g/mol. The van der Waals surface area contributed by atoms with Crippen LogP contribution < -0.4 is 5.73 Å². The molecule has 1 fully saturated rings. The maximum absolute atomic E-state index is 6.35. The van der Waals surface area contributed by atoms with Gasteiger partial charge in [0, 0.05) is 11.5 Å². The molecule has 1 saturated carbocycles. The van der Waals surface area contributed by atoms with Crippen LogP contribution in [0.1, 0.15) is 49.9 Å². The van der Waals surface area contributed by atoms with Crippen molar-refractivity contribution >= 4 is 5.82 Å². The van der Waals surface area contributed by atoms with E-state index < -0.39 is 0 Å². The van der Waals surface area contributed by atoms with E-state index in [2.05, 4.69) is 44.0 Å². The number of hydrogen-bond donors (Lipinski definition) is 1. The van der Waals surface area contributed by atoms with Crippen molar-refractivity contribution in [2.45, 2.75) is 45.1 Å². The van der Waals surface area contributed by atoms with Gasteiger partial charge in [0.1, 0.15) is 17.3 Å². The first-order valence-corrected chi connectivity index (χ1v) is 7.52. The van der Waals surface area contributed by atoms with Gasteiger partial charge in [-0.1, -0.05) is 44.0 Å². The van der Waals surface area contributed by atoms with E-state index in [1.165, 1.54) is 18.4 Å². The lowest BCUT2D eigenvalue weighted by atomic mass is 10.0. The molecule has 0 radical (unpaired) electrons. The van der Waals surface area contributed by atoms with Crippen LogP contribution in [0.2, 0.25) is 0 Å². The summed E-state index contributed by atoms with van der Waals surface area (Å²) in [6.45, 7) is 4.70. The SMILES string of the molecule is C#CCn1c(C(C)C)nc(-c2ccccc2C2CC2)c1N. The van der Waals surface area contributed by atoms with E-state index in [1.807, 2.05) is 4.57 Å². The van der Waals surface area contributed by atoms with Crippen molar-refractivity contribution in [1.82, 2.24) is 9.55 Å². The van der Waals surface area contributed by atoms with E-state index in [0.29, 0.717) is 24.2 Å². The summed E-state index contributed by atoms with van der Waals surface area (Å²) >= 11 is 0. The number of aromatic nitrogens is 2. The van der Waals surface area contributed by atoms with Gasteiger partial charge in [-0.3, -0.25) is 0 Å². The fourth-order valence-electron chi connectivity index (χ4n) is 2.84. The molecule has 3 nitrogen and oxygen atoms in total. The van der Waals surface area contributed by atoms with Crippen LogP contribution in [0.15, 0.2) is 24.3 Å². The Balaban J connectivity index is 2.15. The maximum Gasteiger partial charge on any atom is 0.132 e. The molecule has 0 aliphatic heterocycles. The second-order valence-electron chi connectivity index (χ2n) is 6.01. The third-order valence-corrected chi connectivity index (χ3v) is 4.04. The molecule has 2 N–H and O–H groups in total. The summed E-state index contributed by atoms with van der Waals surface area (Å²) in [6.07, 6.45) is 8.01. The van der Waals surface area contributed by atoms with Crippen LogP contribution in [0.25, 0.3) is 11.3 Å². The molecule has 1 aromatic carbocycles. The van der Waals surface area contributed by atoms with Gasteiger partial charge in [-0.2, -0.15) is 0 Å². The van der Waals surface area contributed by atoms with Crippen LogP contribution in [-0.2, 0) is 6.54 Å². The van der Waals surface area contributed by atoms with Crippen molar-refractivity contribution in [2.24, 2.45) is 0 Å². The van der Waals surface area contributed by atoms with Gasteiger partial charge in [-0.25, -0.2) is 4.98 Å². The van der Waals surface area contributed by atoms with Crippen LogP contribution in [0.3, 0.4) is 0 Å². The van der Waals surface area contributed by atoms with Crippen molar-refractivity contribution in [3.63, 3.8) is 0 Å². The molecule has 3 heteroatoms. The van der Waals surface area contributed by atoms with Crippen LogP contribution in [-0.4, -0.2) is 9.55 Å². The molecule has 108 valence electrons. The lowest BCUT2D eigenvalue weighted by Gasteiger charge is -2.09. The van der Waals surface area contributed by atoms with E-state index in [9.17, 15) is 0 Å². The molecule has 0 bridgehead atoms. The molecule has 0 unspecified atom stereocenters. The van der Waals surface area contributed by atoms with Crippen LogP contribution in [0.4, 0.5) is 5.82 Å². The molecule has 0 amide bonds. The van der Waals surface area contributed by atoms with E-state index in [-0.39, 0.29) is 0 Å². The van der Waals surface area contributed by atoms with Gasteiger partial charge in [0.05, 0.1) is 6.54 Å². The second kappa shape index (κ2) is 5.29. The molecule has 1 aliphatic rings. The first-order valence-electron chi connectivity index (χ1n) is 7.52. The highest BCUT2D eigenvalue weighted by Gasteiger charge is 2.28. The van der Waals surface area contributed by atoms with Gasteiger partial charge in [0.15, 0.2) is 0 Å². The third kappa shape index (κ3) is 2.42. The highest BCUT2D eigenvalue weighted by atomic mass is 15.1. The second-order valence-corrected chi connectivity index (χ2v) is 6.01. The molecule has 3 rings (SSSR count). The predicted molar refractivity (Wildman–Crippen MR) is 87.0 cm³/mol. The number of nitrogens with two attached hydrogens (primary N) is 1. The Hall–Kier alpha value is -2.21. The highest BCUT2D eigenvalue weighted by Crippen LogP contribution is 2.45. The van der Waals surface area contributed by atoms with E-state index in [0.717, 1.165) is 17.1 Å². The first kappa shape index (κ1) is 13.8. The lowest BCUT2D eigenvalue weighted by Crippen LogP contribution is -2.07. The minimum Gasteiger partial charge on any atom is -0.383 e. The zero-order chi connectivity index (χ0) is 15.0. The Morgan fingerprint density at radius 1 is 1.38 bits per heavy atom. The van der Waals surface area contributed by atoms with Crippen molar-refractivity contribution < 1.29 is 0 Å². The number of anilines is 1. The van der Waals surface area contributed by atoms with Gasteiger partial charge in [0.2, 0.25) is 0 Å². The Morgan fingerprint density at radius 3 is 2.71 bits per heavy atom. The van der Waals surface area contributed by atoms with Crippen LogP contribution in [0, 0.1) is 12.3 Å². The third-order valence-electron chi connectivity index (χ3n) is 4.04. The summed E-state index contributed by atoms with van der Waals surface area (Å²) in [5.41, 5.74) is 9.77. The number of benzene rings is 1. The summed E-state index contributed by atoms with van der Waals surface area (Å²) in [6, 6.07) is 8.46. The van der Waals surface area contributed by atoms with Crippen LogP contribution >= 0.6 is 0 Å². The predicted octanol–water partition coefficient (Wildman–Crippen LogP) is 3.77. The van der Waals surface area contributed by atoms with E-state index >= 15 is 0 Å². The molecule has 2 aromatic rings. The maximum atomic E-state index is 6.35. The molecule has 21 heavy (non-hydrogen) atoms. The van der Waals surface area contributed by atoms with Gasteiger partial charge in [-0.15, -0.1) is 6.42 Å². The number of rotatable bonds is 4. The van der Waals surface area contributed by atoms with Crippen molar-refractivity contribution in [3.05, 3.63) is 35.7 Å². The van der Waals surface area contributed by atoms with Crippen LogP contribution in [0.5, 0.6) is 0 Å². The zero-order valence-corrected chi connectivity index (χ0v) is 12.6. The Kier molecular flexibility index (Phi) is 3.47. The van der Waals surface area contributed by atoms with Crippen molar-refractivity contribution in [2.75, 3.05) is 5.73 Å². The van der Waals surface area contributed by atoms with Crippen molar-refractivity contribution in [3.8, 4) is 23.6 Å². The first-order chi connectivity index (χ1) is 10.1. The molecule has 1 aliphatic carbocycles. The normalized spacial score (nSPS) is 14.4. The fourth-order valence-corrected chi connectivity index (χ4v) is 2.84. The van der Waals surface area contributed by atoms with Gasteiger partial charge in [0.25, 0.3) is 0 Å². The largest absolute Gasteiger partial charge is 0.383 e. The Morgan fingerprint density at radius 2 is 2.10 bits per heavy atom. The summed E-state index contributed by atoms with van der Waals surface area (Å²) in [5, 5.41) is 0. The molecule has 1 heterocycles. The quantitative estimate of drug-likeness (QED) is 0.866. The summed E-state index contributed by atoms with van der Waals surface area (Å²) in [7, 11) is 0. The zero-order valence-electron chi connectivity index (χ0n) is 12.6. The van der Waals surface area contributed by atoms with Crippen molar-refractivity contribution in [1.29, 1.82) is 0 Å². The number of imidazole rings is 1. The monoisotopic (exact) mass is 279 g/mol. The summed E-state index contributed by atoms with van der Waals surface area (Å²) < 4.78 is 1.96. The molecule has 1 aromatic heterocycles. The molecule has 0 spiro atoms. The minimum atomic E-state index is 0.294. The smallest absolute Gasteiger partial charge is 0.132 e. The summed E-state index contributed by atoms with van der Waals surface area (Å²) in [4.78, 5) is 4.81. The molecular weight excluding hydrogens is 258 g/mol. The van der Waals surface area contributed by atoms with E-state index in [4.69, 9.17) is 17.1 Å². The Labute approximate surface area is 126 Å². The van der Waals surface area contributed by atoms with Gasteiger partial charge in [-0.05, 0) is 24.3 Å². The highest BCUT2D eigenvalue weighted by molar-refractivity contribution is 5.75. The Bertz CT molecular complexity index is 700. The standard InChI is InChI=1S/C18H21N3/c1-4-11-21-17(19)16(20-18(21)12(2)3)15-8-6-5-7-14(15)13-9-10-13/h1,5-8,12-13H,9-11,19H2,2-3H3.